The topological polar surface area (TPSA) is 64.1 Å². The smallest absolute Gasteiger partial charge is 0.0948 e. The Hall–Kier alpha value is -0.870. The molecular formula is C10H19N3O. The Bertz CT molecular complexity index is 270. The summed E-state index contributed by atoms with van der Waals surface area (Å²) in [6, 6.07) is 0. The molecule has 2 atom stereocenters. The van der Waals surface area contributed by atoms with E-state index in [4.69, 9.17) is 5.73 Å². The highest BCUT2D eigenvalue weighted by atomic mass is 16.3. The van der Waals surface area contributed by atoms with Crippen LogP contribution in [0.1, 0.15) is 31.9 Å². The van der Waals surface area contributed by atoms with Crippen LogP contribution in [0, 0.1) is 0 Å². The van der Waals surface area contributed by atoms with Gasteiger partial charge in [-0.2, -0.15) is 0 Å². The lowest BCUT2D eigenvalue weighted by Gasteiger charge is -2.17. The summed E-state index contributed by atoms with van der Waals surface area (Å²) in [4.78, 5) is 4.09. The predicted octanol–water partition coefficient (Wildman–Crippen LogP) is 0.716. The van der Waals surface area contributed by atoms with Gasteiger partial charge in [0.05, 0.1) is 12.4 Å². The molecule has 1 aromatic heterocycles. The highest BCUT2D eigenvalue weighted by Gasteiger charge is 2.15. The van der Waals surface area contributed by atoms with Crippen LogP contribution in [0.15, 0.2) is 12.5 Å². The van der Waals surface area contributed by atoms with Crippen LogP contribution >= 0.6 is 0 Å². The van der Waals surface area contributed by atoms with E-state index in [9.17, 15) is 5.11 Å². The Balaban J connectivity index is 2.77. The van der Waals surface area contributed by atoms with Gasteiger partial charge in [-0.15, -0.1) is 0 Å². The second-order valence-corrected chi connectivity index (χ2v) is 3.62. The number of hydrogen-bond donors (Lipinski definition) is 2. The summed E-state index contributed by atoms with van der Waals surface area (Å²) in [5, 5.41) is 9.33. The minimum Gasteiger partial charge on any atom is -0.393 e. The predicted molar refractivity (Wildman–Crippen MR) is 56.0 cm³/mol. The SMILES string of the molecule is CCn1cncc1C(CN)CC(C)O. The summed E-state index contributed by atoms with van der Waals surface area (Å²) in [5.41, 5.74) is 6.80. The average Bonchev–Trinajstić information content (AvgIpc) is 2.61. The number of hydrogen-bond acceptors (Lipinski definition) is 3. The first kappa shape index (κ1) is 11.2. The first-order valence-corrected chi connectivity index (χ1v) is 5.07. The molecule has 0 bridgehead atoms. The maximum Gasteiger partial charge on any atom is 0.0948 e. The maximum absolute atomic E-state index is 9.33. The fraction of sp³-hybridized carbons (Fsp3) is 0.700. The summed E-state index contributed by atoms with van der Waals surface area (Å²) in [6.07, 6.45) is 4.02. The molecule has 80 valence electrons. The summed E-state index contributed by atoms with van der Waals surface area (Å²) in [7, 11) is 0. The van der Waals surface area contributed by atoms with Crippen molar-refractivity contribution < 1.29 is 5.11 Å². The number of imidazole rings is 1. The van der Waals surface area contributed by atoms with Gasteiger partial charge >= 0.3 is 0 Å². The largest absolute Gasteiger partial charge is 0.393 e. The molecule has 2 unspecified atom stereocenters. The molecule has 3 N–H and O–H groups in total. The van der Waals surface area contributed by atoms with Crippen molar-refractivity contribution in [1.29, 1.82) is 0 Å². The number of aromatic nitrogens is 2. The molecule has 0 aliphatic rings. The molecule has 14 heavy (non-hydrogen) atoms. The van der Waals surface area contributed by atoms with Crippen LogP contribution in [0.3, 0.4) is 0 Å². The van der Waals surface area contributed by atoms with Gasteiger partial charge in [0, 0.05) is 30.9 Å². The van der Waals surface area contributed by atoms with E-state index in [1.54, 1.807) is 13.3 Å². The van der Waals surface area contributed by atoms with Crippen LogP contribution < -0.4 is 5.73 Å². The quantitative estimate of drug-likeness (QED) is 0.731. The van der Waals surface area contributed by atoms with Crippen molar-refractivity contribution in [2.24, 2.45) is 5.73 Å². The Morgan fingerprint density at radius 2 is 2.36 bits per heavy atom. The molecule has 0 saturated heterocycles. The minimum absolute atomic E-state index is 0.206. The number of nitrogens with zero attached hydrogens (tertiary/aromatic N) is 2. The van der Waals surface area contributed by atoms with Crippen LogP contribution in [0.2, 0.25) is 0 Å². The van der Waals surface area contributed by atoms with E-state index in [2.05, 4.69) is 16.5 Å². The standard InChI is InChI=1S/C10H19N3O/c1-3-13-7-12-6-10(13)9(5-11)4-8(2)14/h6-9,14H,3-5,11H2,1-2H3. The molecule has 0 radical (unpaired) electrons. The van der Waals surface area contributed by atoms with E-state index in [0.717, 1.165) is 12.2 Å². The van der Waals surface area contributed by atoms with E-state index in [1.165, 1.54) is 0 Å². The molecule has 0 saturated carbocycles. The lowest BCUT2D eigenvalue weighted by atomic mass is 9.99. The lowest BCUT2D eigenvalue weighted by molar-refractivity contribution is 0.174. The van der Waals surface area contributed by atoms with E-state index in [0.29, 0.717) is 13.0 Å². The Kier molecular flexibility index (Phi) is 4.10. The zero-order valence-electron chi connectivity index (χ0n) is 8.85. The van der Waals surface area contributed by atoms with Crippen LogP contribution in [0.25, 0.3) is 0 Å². The van der Waals surface area contributed by atoms with Gasteiger partial charge in [-0.05, 0) is 20.3 Å². The minimum atomic E-state index is -0.316. The lowest BCUT2D eigenvalue weighted by Crippen LogP contribution is -2.20. The summed E-state index contributed by atoms with van der Waals surface area (Å²) in [5.74, 6) is 0.206. The van der Waals surface area contributed by atoms with Crippen molar-refractivity contribution in [2.75, 3.05) is 6.54 Å². The van der Waals surface area contributed by atoms with E-state index in [1.807, 2.05) is 6.20 Å². The number of aliphatic hydroxyl groups excluding tert-OH is 1. The van der Waals surface area contributed by atoms with Crippen molar-refractivity contribution >= 4 is 0 Å². The summed E-state index contributed by atoms with van der Waals surface area (Å²) >= 11 is 0. The second-order valence-electron chi connectivity index (χ2n) is 3.62. The van der Waals surface area contributed by atoms with Gasteiger partial charge in [-0.1, -0.05) is 0 Å². The molecule has 1 aromatic rings. The van der Waals surface area contributed by atoms with Gasteiger partial charge in [0.2, 0.25) is 0 Å². The Morgan fingerprint density at radius 1 is 1.64 bits per heavy atom. The van der Waals surface area contributed by atoms with Crippen molar-refractivity contribution in [2.45, 2.75) is 38.8 Å². The highest BCUT2D eigenvalue weighted by molar-refractivity contribution is 5.07. The van der Waals surface area contributed by atoms with E-state index < -0.39 is 0 Å². The molecule has 0 aromatic carbocycles. The molecule has 4 nitrogen and oxygen atoms in total. The first-order valence-electron chi connectivity index (χ1n) is 5.07. The van der Waals surface area contributed by atoms with Crippen molar-refractivity contribution in [1.82, 2.24) is 9.55 Å². The van der Waals surface area contributed by atoms with E-state index >= 15 is 0 Å². The molecule has 0 fully saturated rings. The van der Waals surface area contributed by atoms with Gasteiger partial charge < -0.3 is 15.4 Å². The molecular weight excluding hydrogens is 178 g/mol. The number of aryl methyl sites for hydroxylation is 1. The molecule has 1 heterocycles. The zero-order valence-corrected chi connectivity index (χ0v) is 8.85. The van der Waals surface area contributed by atoms with Crippen molar-refractivity contribution in [3.8, 4) is 0 Å². The van der Waals surface area contributed by atoms with Gasteiger partial charge in [-0.25, -0.2) is 4.98 Å². The number of nitrogens with two attached hydrogens (primary N) is 1. The summed E-state index contributed by atoms with van der Waals surface area (Å²) in [6.45, 7) is 5.30. The molecule has 1 rings (SSSR count). The average molecular weight is 197 g/mol. The third kappa shape index (κ3) is 2.56. The Labute approximate surface area is 84.8 Å². The molecule has 0 spiro atoms. The molecule has 0 amide bonds. The first-order chi connectivity index (χ1) is 6.69. The fourth-order valence-corrected chi connectivity index (χ4v) is 1.68. The molecule has 0 aliphatic heterocycles. The molecule has 4 heteroatoms. The zero-order chi connectivity index (χ0) is 10.6. The molecule has 0 aliphatic carbocycles. The maximum atomic E-state index is 9.33. The highest BCUT2D eigenvalue weighted by Crippen LogP contribution is 2.19. The number of rotatable bonds is 5. The monoisotopic (exact) mass is 197 g/mol. The van der Waals surface area contributed by atoms with Gasteiger partial charge in [0.15, 0.2) is 0 Å². The third-order valence-corrected chi connectivity index (χ3v) is 2.41. The van der Waals surface area contributed by atoms with E-state index in [-0.39, 0.29) is 12.0 Å². The third-order valence-electron chi connectivity index (χ3n) is 2.41. The number of aliphatic hydroxyl groups is 1. The fourth-order valence-electron chi connectivity index (χ4n) is 1.68. The second kappa shape index (κ2) is 5.12. The van der Waals surface area contributed by atoms with Crippen molar-refractivity contribution in [3.05, 3.63) is 18.2 Å². The van der Waals surface area contributed by atoms with Crippen LogP contribution in [0.4, 0.5) is 0 Å². The Morgan fingerprint density at radius 3 is 2.86 bits per heavy atom. The van der Waals surface area contributed by atoms with Gasteiger partial charge in [0.1, 0.15) is 0 Å². The normalized spacial score (nSPS) is 15.4. The van der Waals surface area contributed by atoms with Crippen molar-refractivity contribution in [3.63, 3.8) is 0 Å². The summed E-state index contributed by atoms with van der Waals surface area (Å²) < 4.78 is 2.07. The van der Waals surface area contributed by atoms with Gasteiger partial charge in [0.25, 0.3) is 0 Å². The van der Waals surface area contributed by atoms with Crippen LogP contribution in [0.5, 0.6) is 0 Å². The van der Waals surface area contributed by atoms with Crippen LogP contribution in [-0.2, 0) is 6.54 Å². The van der Waals surface area contributed by atoms with Gasteiger partial charge in [-0.3, -0.25) is 0 Å². The van der Waals surface area contributed by atoms with Crippen LogP contribution in [-0.4, -0.2) is 27.3 Å².